The minimum Gasteiger partial charge on any atom is -0.383 e. The van der Waals surface area contributed by atoms with Crippen LogP contribution in [0.4, 0.5) is 5.82 Å². The number of nitrogen functional groups attached to an aromatic ring is 1. The summed E-state index contributed by atoms with van der Waals surface area (Å²) >= 11 is 0. The summed E-state index contributed by atoms with van der Waals surface area (Å²) in [6.45, 7) is 4.54. The van der Waals surface area contributed by atoms with Crippen LogP contribution in [0.25, 0.3) is 5.69 Å². The second kappa shape index (κ2) is 8.06. The van der Waals surface area contributed by atoms with E-state index in [0.717, 1.165) is 12.1 Å². The maximum absolute atomic E-state index is 13.2. The summed E-state index contributed by atoms with van der Waals surface area (Å²) in [4.78, 5) is 36.3. The summed E-state index contributed by atoms with van der Waals surface area (Å²) in [7, 11) is 0. The molecule has 0 spiro atoms. The number of ketones is 1. The fourth-order valence-electron chi connectivity index (χ4n) is 3.88. The molecule has 1 aliphatic rings. The van der Waals surface area contributed by atoms with E-state index in [2.05, 4.69) is 15.1 Å². The first-order valence-electron chi connectivity index (χ1n) is 9.98. The van der Waals surface area contributed by atoms with Crippen molar-refractivity contribution in [2.75, 3.05) is 18.8 Å². The third-order valence-corrected chi connectivity index (χ3v) is 5.48. The molecule has 1 fully saturated rings. The number of piperidine rings is 1. The Balaban J connectivity index is 1.53. The average Bonchev–Trinajstić information content (AvgIpc) is 3.15. The Labute approximate surface area is 174 Å². The van der Waals surface area contributed by atoms with Gasteiger partial charge in [-0.2, -0.15) is 5.10 Å². The maximum atomic E-state index is 13.2. The van der Waals surface area contributed by atoms with Crippen molar-refractivity contribution >= 4 is 17.5 Å². The Morgan fingerprint density at radius 2 is 1.87 bits per heavy atom. The van der Waals surface area contributed by atoms with E-state index < -0.39 is 0 Å². The number of aryl methyl sites for hydroxylation is 2. The number of likely N-dealkylation sites (tertiary alicyclic amines) is 1. The lowest BCUT2D eigenvalue weighted by atomic mass is 9.90. The topological polar surface area (TPSA) is 107 Å². The molecule has 3 heterocycles. The molecule has 1 aromatic carbocycles. The molecule has 30 heavy (non-hydrogen) atoms. The number of hydrogen-bond acceptors (Lipinski definition) is 6. The van der Waals surface area contributed by atoms with Crippen LogP contribution < -0.4 is 5.73 Å². The van der Waals surface area contributed by atoms with Gasteiger partial charge in [-0.1, -0.05) is 18.2 Å². The van der Waals surface area contributed by atoms with Gasteiger partial charge in [-0.25, -0.2) is 14.6 Å². The molecule has 2 aromatic heterocycles. The molecule has 1 amide bonds. The molecule has 2 N–H and O–H groups in total. The number of benzene rings is 1. The largest absolute Gasteiger partial charge is 0.383 e. The van der Waals surface area contributed by atoms with E-state index >= 15 is 0 Å². The van der Waals surface area contributed by atoms with E-state index in [1.807, 2.05) is 30.3 Å². The number of Topliss-reactive ketones (excluding diaryl/α,β-unsaturated/α-hetero) is 1. The number of nitrogens with two attached hydrogens (primary N) is 1. The van der Waals surface area contributed by atoms with Gasteiger partial charge in [0.15, 0.2) is 5.78 Å². The number of carbonyl (C=O) groups excluding carboxylic acids is 2. The normalized spacial score (nSPS) is 16.5. The molecule has 1 aliphatic heterocycles. The number of carbonyl (C=O) groups is 2. The molecular weight excluding hydrogens is 380 g/mol. The van der Waals surface area contributed by atoms with Crippen LogP contribution >= 0.6 is 0 Å². The fourth-order valence-corrected chi connectivity index (χ4v) is 3.88. The predicted molar refractivity (Wildman–Crippen MR) is 112 cm³/mol. The minimum absolute atomic E-state index is 0.0796. The molecule has 4 rings (SSSR count). The molecule has 1 saturated heterocycles. The zero-order chi connectivity index (χ0) is 21.3. The van der Waals surface area contributed by atoms with Crippen molar-refractivity contribution in [2.24, 2.45) is 5.92 Å². The van der Waals surface area contributed by atoms with Crippen molar-refractivity contribution in [1.29, 1.82) is 0 Å². The van der Waals surface area contributed by atoms with Crippen molar-refractivity contribution in [1.82, 2.24) is 24.6 Å². The SMILES string of the molecule is Cc1ncc(C(=O)N2CCCC(C(=O)c3cnn(-c4ccccc4)c3N)C2)c(C)n1. The van der Waals surface area contributed by atoms with Gasteiger partial charge in [0, 0.05) is 25.2 Å². The van der Waals surface area contributed by atoms with Crippen molar-refractivity contribution in [3.63, 3.8) is 0 Å². The summed E-state index contributed by atoms with van der Waals surface area (Å²) in [5, 5.41) is 4.30. The van der Waals surface area contributed by atoms with E-state index in [9.17, 15) is 9.59 Å². The summed E-state index contributed by atoms with van der Waals surface area (Å²) in [5.41, 5.74) is 8.56. The Kier molecular flexibility index (Phi) is 5.31. The molecule has 1 unspecified atom stereocenters. The van der Waals surface area contributed by atoms with Crippen molar-refractivity contribution < 1.29 is 9.59 Å². The molecule has 0 radical (unpaired) electrons. The van der Waals surface area contributed by atoms with E-state index in [-0.39, 0.29) is 17.6 Å². The monoisotopic (exact) mass is 404 g/mol. The molecule has 8 heteroatoms. The van der Waals surface area contributed by atoms with Gasteiger partial charge in [-0.05, 0) is 38.8 Å². The standard InChI is InChI=1S/C22H24N6O2/c1-14-18(11-24-15(2)26-14)22(30)27-10-6-7-16(13-27)20(29)19-12-25-28(21(19)23)17-8-4-3-5-9-17/h3-5,8-9,11-12,16H,6-7,10,13,23H2,1-2H3. The number of hydrogen-bond donors (Lipinski definition) is 1. The highest BCUT2D eigenvalue weighted by atomic mass is 16.2. The van der Waals surface area contributed by atoms with Crippen LogP contribution in [-0.2, 0) is 0 Å². The zero-order valence-corrected chi connectivity index (χ0v) is 17.1. The van der Waals surface area contributed by atoms with Crippen LogP contribution in [-0.4, -0.2) is 49.4 Å². The lowest BCUT2D eigenvalue weighted by Crippen LogP contribution is -2.42. The molecule has 0 saturated carbocycles. The van der Waals surface area contributed by atoms with Crippen molar-refractivity contribution in [2.45, 2.75) is 26.7 Å². The van der Waals surface area contributed by atoms with Gasteiger partial charge in [0.25, 0.3) is 5.91 Å². The van der Waals surface area contributed by atoms with Gasteiger partial charge in [0.05, 0.1) is 28.7 Å². The van der Waals surface area contributed by atoms with Crippen molar-refractivity contribution in [3.05, 3.63) is 65.4 Å². The van der Waals surface area contributed by atoms with Crippen molar-refractivity contribution in [3.8, 4) is 5.69 Å². The highest BCUT2D eigenvalue weighted by Crippen LogP contribution is 2.26. The second-order valence-corrected chi connectivity index (χ2v) is 7.56. The highest BCUT2D eigenvalue weighted by molar-refractivity contribution is 6.02. The highest BCUT2D eigenvalue weighted by Gasteiger charge is 2.32. The Bertz CT molecular complexity index is 1090. The average molecular weight is 404 g/mol. The van der Waals surface area contributed by atoms with Crippen LogP contribution in [0.15, 0.2) is 42.7 Å². The molecule has 0 aliphatic carbocycles. The van der Waals surface area contributed by atoms with Gasteiger partial charge >= 0.3 is 0 Å². The molecule has 8 nitrogen and oxygen atoms in total. The van der Waals surface area contributed by atoms with Crippen LogP contribution in [0, 0.1) is 19.8 Å². The Hall–Kier alpha value is -3.55. The number of para-hydroxylation sites is 1. The Morgan fingerprint density at radius 1 is 1.10 bits per heavy atom. The number of amides is 1. The summed E-state index contributed by atoms with van der Waals surface area (Å²) in [6, 6.07) is 9.44. The first-order chi connectivity index (χ1) is 14.5. The van der Waals surface area contributed by atoms with Gasteiger partial charge in [-0.3, -0.25) is 9.59 Å². The molecule has 0 bridgehead atoms. The summed E-state index contributed by atoms with van der Waals surface area (Å²) < 4.78 is 1.56. The predicted octanol–water partition coefficient (Wildman–Crippen LogP) is 2.60. The van der Waals surface area contributed by atoms with Crippen LogP contribution in [0.5, 0.6) is 0 Å². The van der Waals surface area contributed by atoms with Crippen LogP contribution in [0.3, 0.4) is 0 Å². The third-order valence-electron chi connectivity index (χ3n) is 5.48. The van der Waals surface area contributed by atoms with E-state index in [0.29, 0.717) is 48.0 Å². The number of anilines is 1. The first kappa shape index (κ1) is 19.8. The number of aromatic nitrogens is 4. The van der Waals surface area contributed by atoms with Crippen LogP contribution in [0.2, 0.25) is 0 Å². The molecule has 154 valence electrons. The maximum Gasteiger partial charge on any atom is 0.257 e. The molecular formula is C22H24N6O2. The van der Waals surface area contributed by atoms with Gasteiger partial charge in [0.1, 0.15) is 11.6 Å². The van der Waals surface area contributed by atoms with E-state index in [1.165, 1.54) is 6.20 Å². The summed E-state index contributed by atoms with van der Waals surface area (Å²) in [5.74, 6) is 0.409. The zero-order valence-electron chi connectivity index (χ0n) is 17.1. The lowest BCUT2D eigenvalue weighted by Gasteiger charge is -2.32. The van der Waals surface area contributed by atoms with Crippen LogP contribution in [0.1, 0.15) is 45.1 Å². The molecule has 3 aromatic rings. The van der Waals surface area contributed by atoms with Gasteiger partial charge in [-0.15, -0.1) is 0 Å². The quantitative estimate of drug-likeness (QED) is 0.670. The summed E-state index contributed by atoms with van der Waals surface area (Å²) in [6.07, 6.45) is 4.54. The smallest absolute Gasteiger partial charge is 0.257 e. The Morgan fingerprint density at radius 3 is 2.60 bits per heavy atom. The lowest BCUT2D eigenvalue weighted by molar-refractivity contribution is 0.0636. The third kappa shape index (κ3) is 3.68. The number of nitrogens with zero attached hydrogens (tertiary/aromatic N) is 5. The van der Waals surface area contributed by atoms with E-state index in [4.69, 9.17) is 5.73 Å². The van der Waals surface area contributed by atoms with E-state index in [1.54, 1.807) is 29.6 Å². The minimum atomic E-state index is -0.315. The fraction of sp³-hybridized carbons (Fsp3) is 0.318. The second-order valence-electron chi connectivity index (χ2n) is 7.56. The van der Waals surface area contributed by atoms with Gasteiger partial charge < -0.3 is 10.6 Å². The van der Waals surface area contributed by atoms with Gasteiger partial charge in [0.2, 0.25) is 0 Å². The number of rotatable bonds is 4. The molecule has 1 atom stereocenters. The first-order valence-corrected chi connectivity index (χ1v) is 9.98.